The Kier molecular flexibility index (Phi) is 54.8. The molecular weight excluding hydrogens is 966 g/mol. The van der Waals surface area contributed by atoms with Crippen molar-refractivity contribution in [3.63, 3.8) is 0 Å². The lowest BCUT2D eigenvalue weighted by molar-refractivity contribution is -0.870. The summed E-state index contributed by atoms with van der Waals surface area (Å²) in [5.74, 6) is -0.798. The Bertz CT molecular complexity index is 1560. The highest BCUT2D eigenvalue weighted by molar-refractivity contribution is 7.47. The maximum Gasteiger partial charge on any atom is 0.472 e. The van der Waals surface area contributed by atoms with E-state index in [0.717, 1.165) is 77.0 Å². The summed E-state index contributed by atoms with van der Waals surface area (Å²) in [4.78, 5) is 35.8. The lowest BCUT2D eigenvalue weighted by Crippen LogP contribution is -2.37. The van der Waals surface area contributed by atoms with E-state index >= 15 is 0 Å². The number of likely N-dealkylation sites (N-methyl/N-ethyl adjacent to an activating group) is 1. The molecule has 0 amide bonds. The summed E-state index contributed by atoms with van der Waals surface area (Å²) in [6.07, 6.45) is 76.5. The Morgan fingerprint density at radius 3 is 1.12 bits per heavy atom. The van der Waals surface area contributed by atoms with Crippen molar-refractivity contribution in [3.05, 3.63) is 85.1 Å². The molecular formula is C66H119NO8P+. The number of quaternary nitrogens is 1. The minimum absolute atomic E-state index is 0.0283. The van der Waals surface area contributed by atoms with Gasteiger partial charge in [-0.3, -0.25) is 18.6 Å². The predicted molar refractivity (Wildman–Crippen MR) is 325 cm³/mol. The summed E-state index contributed by atoms with van der Waals surface area (Å²) in [6.45, 7) is 4.33. The van der Waals surface area contributed by atoms with Crippen molar-refractivity contribution in [2.24, 2.45) is 0 Å². The monoisotopic (exact) mass is 1080 g/mol. The van der Waals surface area contributed by atoms with Crippen LogP contribution in [0.15, 0.2) is 85.1 Å². The van der Waals surface area contributed by atoms with Crippen LogP contribution in [0.5, 0.6) is 0 Å². The van der Waals surface area contributed by atoms with Gasteiger partial charge in [-0.05, 0) is 89.9 Å². The average Bonchev–Trinajstić information content (AvgIpc) is 3.38. The molecule has 0 bridgehead atoms. The Morgan fingerprint density at radius 1 is 0.421 bits per heavy atom. The number of rotatable bonds is 57. The average molecular weight is 1090 g/mol. The van der Waals surface area contributed by atoms with E-state index in [0.29, 0.717) is 17.4 Å². The van der Waals surface area contributed by atoms with Gasteiger partial charge in [-0.2, -0.15) is 0 Å². The topological polar surface area (TPSA) is 108 Å². The molecule has 0 radical (unpaired) electrons. The first-order valence-electron chi connectivity index (χ1n) is 31.3. The molecule has 0 heterocycles. The van der Waals surface area contributed by atoms with Crippen LogP contribution in [0.1, 0.15) is 271 Å². The Labute approximate surface area is 469 Å². The summed E-state index contributed by atoms with van der Waals surface area (Å²) < 4.78 is 34.6. The molecule has 76 heavy (non-hydrogen) atoms. The van der Waals surface area contributed by atoms with Gasteiger partial charge in [-0.15, -0.1) is 0 Å². The van der Waals surface area contributed by atoms with Crippen LogP contribution < -0.4 is 0 Å². The van der Waals surface area contributed by atoms with Crippen LogP contribution in [0.4, 0.5) is 0 Å². The molecule has 0 aromatic heterocycles. The van der Waals surface area contributed by atoms with Gasteiger partial charge < -0.3 is 18.9 Å². The first-order valence-corrected chi connectivity index (χ1v) is 32.8. The third-order valence-electron chi connectivity index (χ3n) is 13.4. The van der Waals surface area contributed by atoms with Gasteiger partial charge in [-0.1, -0.05) is 253 Å². The fraction of sp³-hybridized carbons (Fsp3) is 0.758. The molecule has 0 rings (SSSR count). The molecule has 1 N–H and O–H groups in total. The molecule has 0 saturated heterocycles. The first-order chi connectivity index (χ1) is 37.0. The van der Waals surface area contributed by atoms with E-state index in [4.69, 9.17) is 18.5 Å². The number of unbranched alkanes of at least 4 members (excludes halogenated alkanes) is 29. The molecule has 0 aliphatic rings. The van der Waals surface area contributed by atoms with Gasteiger partial charge in [0.1, 0.15) is 19.8 Å². The number of hydrogen-bond donors (Lipinski definition) is 1. The standard InChI is InChI=1S/C66H118NO8P/c1-6-8-10-12-14-16-18-20-22-24-26-28-30-32-33-35-37-39-41-43-45-47-49-51-53-55-57-59-66(69)75-64(63-74-76(70,71)73-61-60-67(3,4)5)62-72-65(68)58-56-54-52-50-48-46-44-42-40-38-36-34-31-29-27-25-23-21-19-17-15-13-11-9-7-2/h8,10,14,16,19-22,25-28,31,34,64H,6-7,9,11-13,15,17-18,23-24,29-30,32-33,35-63H2,1-5H3/p+1/b10-8-,16-14-,21-19-,22-20-,27-25-,28-26-,34-31-. The van der Waals surface area contributed by atoms with E-state index in [1.165, 1.54) is 161 Å². The van der Waals surface area contributed by atoms with Crippen molar-refractivity contribution in [2.45, 2.75) is 277 Å². The zero-order valence-corrected chi connectivity index (χ0v) is 50.9. The van der Waals surface area contributed by atoms with E-state index < -0.39 is 26.5 Å². The van der Waals surface area contributed by atoms with E-state index in [9.17, 15) is 19.0 Å². The highest BCUT2D eigenvalue weighted by Crippen LogP contribution is 2.43. The molecule has 10 heteroatoms. The maximum atomic E-state index is 12.8. The van der Waals surface area contributed by atoms with E-state index in [2.05, 4.69) is 98.9 Å². The largest absolute Gasteiger partial charge is 0.472 e. The van der Waals surface area contributed by atoms with Crippen molar-refractivity contribution >= 4 is 19.8 Å². The molecule has 9 nitrogen and oxygen atoms in total. The summed E-state index contributed by atoms with van der Waals surface area (Å²) in [7, 11) is 1.47. The summed E-state index contributed by atoms with van der Waals surface area (Å²) >= 11 is 0. The second-order valence-electron chi connectivity index (χ2n) is 22.1. The van der Waals surface area contributed by atoms with Crippen molar-refractivity contribution < 1.29 is 42.1 Å². The third kappa shape index (κ3) is 60.4. The third-order valence-corrected chi connectivity index (χ3v) is 14.4. The molecule has 440 valence electrons. The molecule has 0 aromatic rings. The second kappa shape index (κ2) is 56.9. The number of phosphoric acid groups is 1. The number of hydrogen-bond acceptors (Lipinski definition) is 7. The van der Waals surface area contributed by atoms with Crippen molar-refractivity contribution in [2.75, 3.05) is 47.5 Å². The number of phosphoric ester groups is 1. The van der Waals surface area contributed by atoms with Gasteiger partial charge in [-0.25, -0.2) is 4.57 Å². The van der Waals surface area contributed by atoms with Gasteiger partial charge in [0.05, 0.1) is 27.7 Å². The molecule has 0 fully saturated rings. The van der Waals surface area contributed by atoms with Crippen LogP contribution in [0, 0.1) is 0 Å². The highest BCUT2D eigenvalue weighted by atomic mass is 31.2. The van der Waals surface area contributed by atoms with Crippen LogP contribution in [-0.2, 0) is 32.7 Å². The fourth-order valence-electron chi connectivity index (χ4n) is 8.60. The predicted octanol–water partition coefficient (Wildman–Crippen LogP) is 19.8. The number of carbonyl (C=O) groups is 2. The molecule has 2 unspecified atom stereocenters. The minimum atomic E-state index is -4.39. The molecule has 0 aromatic carbocycles. The first kappa shape index (κ1) is 73.2. The van der Waals surface area contributed by atoms with E-state index in [-0.39, 0.29) is 32.0 Å². The van der Waals surface area contributed by atoms with Crippen molar-refractivity contribution in [1.82, 2.24) is 0 Å². The lowest BCUT2D eigenvalue weighted by atomic mass is 10.0. The maximum absolute atomic E-state index is 12.8. The van der Waals surface area contributed by atoms with Crippen molar-refractivity contribution in [1.29, 1.82) is 0 Å². The smallest absolute Gasteiger partial charge is 0.462 e. The van der Waals surface area contributed by atoms with Gasteiger partial charge in [0.15, 0.2) is 6.10 Å². The number of carbonyl (C=O) groups excluding carboxylic acids is 2. The summed E-state index contributed by atoms with van der Waals surface area (Å²) in [6, 6.07) is 0. The van der Waals surface area contributed by atoms with Crippen LogP contribution >= 0.6 is 7.82 Å². The normalized spacial score (nSPS) is 13.8. The van der Waals surface area contributed by atoms with E-state index in [1.807, 2.05) is 21.1 Å². The molecule has 0 aliphatic heterocycles. The molecule has 0 aliphatic carbocycles. The minimum Gasteiger partial charge on any atom is -0.462 e. The van der Waals surface area contributed by atoms with Gasteiger partial charge >= 0.3 is 19.8 Å². The Morgan fingerprint density at radius 2 is 0.750 bits per heavy atom. The van der Waals surface area contributed by atoms with Crippen LogP contribution in [0.3, 0.4) is 0 Å². The van der Waals surface area contributed by atoms with Crippen LogP contribution in [0.2, 0.25) is 0 Å². The number of allylic oxidation sites excluding steroid dienone is 14. The summed E-state index contributed by atoms with van der Waals surface area (Å²) in [5, 5.41) is 0. The Hall–Kier alpha value is -2.81. The van der Waals surface area contributed by atoms with Crippen LogP contribution in [-0.4, -0.2) is 74.9 Å². The fourth-order valence-corrected chi connectivity index (χ4v) is 9.34. The van der Waals surface area contributed by atoms with Crippen LogP contribution in [0.25, 0.3) is 0 Å². The molecule has 0 saturated carbocycles. The van der Waals surface area contributed by atoms with Gasteiger partial charge in [0.25, 0.3) is 0 Å². The lowest BCUT2D eigenvalue weighted by Gasteiger charge is -2.24. The number of ether oxygens (including phenoxy) is 2. The van der Waals surface area contributed by atoms with Crippen molar-refractivity contribution in [3.8, 4) is 0 Å². The summed E-state index contributed by atoms with van der Waals surface area (Å²) in [5.41, 5.74) is 0. The zero-order valence-electron chi connectivity index (χ0n) is 50.0. The number of nitrogens with zero attached hydrogens (tertiary/aromatic N) is 1. The zero-order chi connectivity index (χ0) is 55.6. The number of esters is 2. The second-order valence-corrected chi connectivity index (χ2v) is 23.5. The van der Waals surface area contributed by atoms with Gasteiger partial charge in [0, 0.05) is 12.8 Å². The quantitative estimate of drug-likeness (QED) is 0.0211. The SMILES string of the molecule is CC/C=C\C/C=C\C/C=C\C/C=C\CCCCCCCCCCCCCCCCC(=O)OC(COC(=O)CCCCCCCCCCCC/C=C\C/C=C\C/C=C\CCCCCCC)COP(=O)(O)OCC[N+](C)(C)C. The van der Waals surface area contributed by atoms with E-state index in [1.54, 1.807) is 0 Å². The Balaban J connectivity index is 4.13. The molecule has 2 atom stereocenters. The van der Waals surface area contributed by atoms with Gasteiger partial charge in [0.2, 0.25) is 0 Å². The highest BCUT2D eigenvalue weighted by Gasteiger charge is 2.27. The molecule has 0 spiro atoms.